The number of benzene rings is 1. The number of morpholine rings is 1. The van der Waals surface area contributed by atoms with E-state index in [1.54, 1.807) is 10.6 Å². The van der Waals surface area contributed by atoms with Gasteiger partial charge in [0.2, 0.25) is 0 Å². The maximum atomic E-state index is 11.9. The number of ether oxygens (including phenoxy) is 1. The van der Waals surface area contributed by atoms with E-state index >= 15 is 0 Å². The summed E-state index contributed by atoms with van der Waals surface area (Å²) in [6.07, 6.45) is 0.227. The third kappa shape index (κ3) is 3.07. The summed E-state index contributed by atoms with van der Waals surface area (Å²) in [5.74, 6) is 0. The number of amides is 1. The summed E-state index contributed by atoms with van der Waals surface area (Å²) < 4.78 is 7.31. The van der Waals surface area contributed by atoms with Crippen molar-refractivity contribution in [3.8, 4) is 5.69 Å². The molecule has 0 unspecified atom stereocenters. The number of carbonyl (C=O) groups is 1. The van der Waals surface area contributed by atoms with Crippen molar-refractivity contribution in [1.82, 2.24) is 19.4 Å². The van der Waals surface area contributed by atoms with Crippen molar-refractivity contribution < 1.29 is 14.6 Å². The van der Waals surface area contributed by atoms with Crippen LogP contribution >= 0.6 is 11.6 Å². The van der Waals surface area contributed by atoms with E-state index in [1.807, 2.05) is 31.2 Å². The van der Waals surface area contributed by atoms with E-state index in [9.17, 15) is 14.7 Å². The third-order valence-electron chi connectivity index (χ3n) is 4.71. The summed E-state index contributed by atoms with van der Waals surface area (Å²) in [5.41, 5.74) is 1.75. The fraction of sp³-hybridized carbons (Fsp3) is 0.278. The van der Waals surface area contributed by atoms with Gasteiger partial charge in [-0.2, -0.15) is 0 Å². The average molecular weight is 389 g/mol. The van der Waals surface area contributed by atoms with Crippen LogP contribution in [0.25, 0.3) is 16.7 Å². The van der Waals surface area contributed by atoms with Crippen LogP contribution in [0.4, 0.5) is 4.79 Å². The molecular formula is C18H17ClN4O4. The first-order chi connectivity index (χ1) is 13.0. The van der Waals surface area contributed by atoms with E-state index in [1.165, 1.54) is 11.2 Å². The van der Waals surface area contributed by atoms with E-state index in [4.69, 9.17) is 16.3 Å². The Labute approximate surface area is 159 Å². The van der Waals surface area contributed by atoms with Gasteiger partial charge >= 0.3 is 6.09 Å². The predicted molar refractivity (Wildman–Crippen MR) is 99.6 cm³/mol. The van der Waals surface area contributed by atoms with Gasteiger partial charge in [0.1, 0.15) is 5.15 Å². The highest BCUT2D eigenvalue weighted by atomic mass is 35.5. The molecular weight excluding hydrogens is 372 g/mol. The van der Waals surface area contributed by atoms with Crippen LogP contribution in [0.5, 0.6) is 0 Å². The molecule has 4 rings (SSSR count). The molecule has 0 aliphatic carbocycles. The minimum atomic E-state index is -0.970. The van der Waals surface area contributed by atoms with Crippen LogP contribution in [-0.4, -0.2) is 49.9 Å². The molecule has 1 fully saturated rings. The van der Waals surface area contributed by atoms with Gasteiger partial charge in [-0.3, -0.25) is 14.3 Å². The molecule has 0 radical (unpaired) electrons. The Morgan fingerprint density at radius 1 is 1.37 bits per heavy atom. The van der Waals surface area contributed by atoms with Crippen molar-refractivity contribution >= 4 is 28.7 Å². The molecule has 2 atom stereocenters. The SMILES string of the molecule is C[C@H]1CN(C(=O)O)[C@H](c2ccc(-n3c(Cl)cc4c(=O)[nH]cnc43)cc2)CO1. The average Bonchev–Trinajstić information content (AvgIpc) is 2.99. The molecule has 2 aromatic heterocycles. The molecule has 1 aliphatic rings. The van der Waals surface area contributed by atoms with Gasteiger partial charge in [-0.05, 0) is 30.7 Å². The van der Waals surface area contributed by atoms with E-state index in [0.29, 0.717) is 29.3 Å². The van der Waals surface area contributed by atoms with Gasteiger partial charge in [0, 0.05) is 5.69 Å². The number of fused-ring (bicyclic) bond motifs is 1. The van der Waals surface area contributed by atoms with Crippen LogP contribution in [0.15, 0.2) is 41.5 Å². The highest BCUT2D eigenvalue weighted by molar-refractivity contribution is 6.31. The van der Waals surface area contributed by atoms with Crippen LogP contribution in [0.2, 0.25) is 5.15 Å². The molecule has 1 aromatic carbocycles. The topological polar surface area (TPSA) is 100 Å². The lowest BCUT2D eigenvalue weighted by molar-refractivity contribution is -0.0465. The molecule has 2 N–H and O–H groups in total. The van der Waals surface area contributed by atoms with Crippen molar-refractivity contribution in [2.75, 3.05) is 13.2 Å². The van der Waals surface area contributed by atoms with Crippen LogP contribution in [0.1, 0.15) is 18.5 Å². The van der Waals surface area contributed by atoms with Gasteiger partial charge in [-0.25, -0.2) is 9.78 Å². The second-order valence-electron chi connectivity index (χ2n) is 6.46. The largest absolute Gasteiger partial charge is 0.465 e. The maximum absolute atomic E-state index is 11.9. The maximum Gasteiger partial charge on any atom is 0.407 e. The molecule has 1 aliphatic heterocycles. The quantitative estimate of drug-likeness (QED) is 0.703. The molecule has 9 heteroatoms. The Hall–Kier alpha value is -2.84. The summed E-state index contributed by atoms with van der Waals surface area (Å²) in [6, 6.07) is 8.52. The van der Waals surface area contributed by atoms with Gasteiger partial charge in [-0.1, -0.05) is 23.7 Å². The number of hydrogen-bond acceptors (Lipinski definition) is 4. The fourth-order valence-electron chi connectivity index (χ4n) is 3.38. The summed E-state index contributed by atoms with van der Waals surface area (Å²) in [6.45, 7) is 2.47. The highest BCUT2D eigenvalue weighted by Gasteiger charge is 2.31. The van der Waals surface area contributed by atoms with Gasteiger partial charge in [0.25, 0.3) is 5.56 Å². The van der Waals surface area contributed by atoms with Crippen LogP contribution < -0.4 is 5.56 Å². The molecule has 27 heavy (non-hydrogen) atoms. The predicted octanol–water partition coefficient (Wildman–Crippen LogP) is 2.81. The number of aromatic nitrogens is 3. The van der Waals surface area contributed by atoms with Crippen molar-refractivity contribution in [2.45, 2.75) is 19.1 Å². The van der Waals surface area contributed by atoms with Gasteiger partial charge < -0.3 is 14.8 Å². The minimum Gasteiger partial charge on any atom is -0.465 e. The first kappa shape index (κ1) is 17.6. The number of aromatic amines is 1. The monoisotopic (exact) mass is 388 g/mol. The third-order valence-corrected chi connectivity index (χ3v) is 4.99. The highest BCUT2D eigenvalue weighted by Crippen LogP contribution is 2.29. The molecule has 140 valence electrons. The zero-order chi connectivity index (χ0) is 19.1. The van der Waals surface area contributed by atoms with Gasteiger partial charge in [0.05, 0.1) is 37.0 Å². The summed E-state index contributed by atoms with van der Waals surface area (Å²) >= 11 is 6.31. The molecule has 1 amide bonds. The summed E-state index contributed by atoms with van der Waals surface area (Å²) in [7, 11) is 0. The second kappa shape index (κ2) is 6.71. The van der Waals surface area contributed by atoms with E-state index < -0.39 is 6.09 Å². The number of halogens is 1. The Morgan fingerprint density at radius 2 is 2.11 bits per heavy atom. The van der Waals surface area contributed by atoms with E-state index in [-0.39, 0.29) is 17.7 Å². The van der Waals surface area contributed by atoms with Crippen molar-refractivity contribution in [3.63, 3.8) is 0 Å². The Balaban J connectivity index is 1.71. The number of nitrogens with zero attached hydrogens (tertiary/aromatic N) is 3. The zero-order valence-corrected chi connectivity index (χ0v) is 15.2. The lowest BCUT2D eigenvalue weighted by atomic mass is 10.0. The smallest absolute Gasteiger partial charge is 0.407 e. The number of nitrogens with one attached hydrogen (secondary N) is 1. The Bertz CT molecular complexity index is 1060. The standard InChI is InChI=1S/C18H17ClN4O4/c1-10-7-22(18(25)26)14(8-27-10)11-2-4-12(5-3-11)23-15(19)6-13-16(23)20-9-21-17(13)24/h2-6,9-10,14H,7-8H2,1H3,(H,25,26)(H,20,21,24)/t10-,14-/m0/s1. The molecule has 3 heterocycles. The number of hydrogen-bond donors (Lipinski definition) is 2. The Kier molecular flexibility index (Phi) is 4.37. The molecule has 3 aromatic rings. The van der Waals surface area contributed by atoms with Crippen molar-refractivity contribution in [3.05, 3.63) is 57.7 Å². The molecule has 0 spiro atoms. The van der Waals surface area contributed by atoms with E-state index in [0.717, 1.165) is 11.3 Å². The fourth-order valence-corrected chi connectivity index (χ4v) is 3.66. The van der Waals surface area contributed by atoms with Crippen LogP contribution in [0.3, 0.4) is 0 Å². The van der Waals surface area contributed by atoms with Gasteiger partial charge in [0.15, 0.2) is 5.65 Å². The van der Waals surface area contributed by atoms with E-state index in [2.05, 4.69) is 9.97 Å². The summed E-state index contributed by atoms with van der Waals surface area (Å²) in [4.78, 5) is 31.6. The second-order valence-corrected chi connectivity index (χ2v) is 6.84. The zero-order valence-electron chi connectivity index (χ0n) is 14.4. The lowest BCUT2D eigenvalue weighted by Crippen LogP contribution is -2.46. The molecule has 1 saturated heterocycles. The number of rotatable bonds is 2. The number of H-pyrrole nitrogens is 1. The lowest BCUT2D eigenvalue weighted by Gasteiger charge is -2.37. The first-order valence-corrected chi connectivity index (χ1v) is 8.79. The van der Waals surface area contributed by atoms with Crippen LogP contribution in [-0.2, 0) is 4.74 Å². The molecule has 8 nitrogen and oxygen atoms in total. The van der Waals surface area contributed by atoms with Crippen molar-refractivity contribution in [2.24, 2.45) is 0 Å². The normalized spacial score (nSPS) is 20.1. The van der Waals surface area contributed by atoms with Crippen molar-refractivity contribution in [1.29, 1.82) is 0 Å². The summed E-state index contributed by atoms with van der Waals surface area (Å²) in [5, 5.41) is 10.2. The minimum absolute atomic E-state index is 0.133. The van der Waals surface area contributed by atoms with Crippen LogP contribution in [0, 0.1) is 0 Å². The number of carboxylic acid groups (broad SMARTS) is 1. The molecule has 0 bridgehead atoms. The molecule has 0 saturated carbocycles. The Morgan fingerprint density at radius 3 is 2.81 bits per heavy atom. The first-order valence-electron chi connectivity index (χ1n) is 8.42. The van der Waals surface area contributed by atoms with Gasteiger partial charge in [-0.15, -0.1) is 0 Å².